The maximum absolute atomic E-state index is 11.9. The summed E-state index contributed by atoms with van der Waals surface area (Å²) in [5, 5.41) is 0. The predicted molar refractivity (Wildman–Crippen MR) is 83.8 cm³/mol. The van der Waals surface area contributed by atoms with Gasteiger partial charge < -0.3 is 4.74 Å². The fourth-order valence-corrected chi connectivity index (χ4v) is 2.20. The number of esters is 1. The monoisotopic (exact) mass is 275 g/mol. The lowest BCUT2D eigenvalue weighted by Gasteiger charge is -2.30. The van der Waals surface area contributed by atoms with Crippen molar-refractivity contribution < 1.29 is 9.53 Å². The number of hydrogen-bond donors (Lipinski definition) is 0. The van der Waals surface area contributed by atoms with E-state index in [0.29, 0.717) is 24.3 Å². The largest absolute Gasteiger partial charge is 0.461 e. The van der Waals surface area contributed by atoms with Gasteiger partial charge in [0.15, 0.2) is 0 Å². The second-order valence-corrected chi connectivity index (χ2v) is 5.39. The van der Waals surface area contributed by atoms with Crippen molar-refractivity contribution in [3.05, 3.63) is 42.0 Å². The molecule has 1 aromatic rings. The first-order valence-corrected chi connectivity index (χ1v) is 7.11. The van der Waals surface area contributed by atoms with E-state index in [1.807, 2.05) is 12.1 Å². The van der Waals surface area contributed by atoms with Gasteiger partial charge in [0.05, 0.1) is 5.56 Å². The molecule has 0 unspecified atom stereocenters. The molecule has 1 rings (SSSR count). The Morgan fingerprint density at radius 2 is 1.75 bits per heavy atom. The van der Waals surface area contributed by atoms with Crippen LogP contribution in [0.25, 0.3) is 6.08 Å². The number of carbonyl (C=O) groups is 1. The normalized spacial score (nSPS) is 11.2. The Bertz CT molecular complexity index is 427. The van der Waals surface area contributed by atoms with Crippen molar-refractivity contribution in [2.24, 2.45) is 0 Å². The summed E-state index contributed by atoms with van der Waals surface area (Å²) in [6.07, 6.45) is 1.75. The summed E-state index contributed by atoms with van der Waals surface area (Å²) in [5.74, 6) is -0.270. The van der Waals surface area contributed by atoms with Gasteiger partial charge in [-0.05, 0) is 45.4 Å². The van der Waals surface area contributed by atoms with Gasteiger partial charge in [-0.3, -0.25) is 4.90 Å². The summed E-state index contributed by atoms with van der Waals surface area (Å²) in [6, 6.07) is 8.14. The van der Waals surface area contributed by atoms with E-state index < -0.39 is 0 Å². The van der Waals surface area contributed by atoms with Gasteiger partial charge in [-0.1, -0.05) is 24.8 Å². The van der Waals surface area contributed by atoms with Gasteiger partial charge in [0.2, 0.25) is 0 Å². The molecule has 0 radical (unpaired) electrons. The molecule has 0 aliphatic carbocycles. The van der Waals surface area contributed by atoms with Crippen molar-refractivity contribution in [1.82, 2.24) is 4.90 Å². The fourth-order valence-electron chi connectivity index (χ4n) is 2.20. The van der Waals surface area contributed by atoms with Crippen LogP contribution in [0.5, 0.6) is 0 Å². The smallest absolute Gasteiger partial charge is 0.338 e. The van der Waals surface area contributed by atoms with Crippen molar-refractivity contribution in [3.63, 3.8) is 0 Å². The number of nitrogens with zero attached hydrogens (tertiary/aromatic N) is 1. The number of hydrogen-bond acceptors (Lipinski definition) is 3. The molecule has 0 fully saturated rings. The zero-order chi connectivity index (χ0) is 15.1. The molecule has 0 saturated heterocycles. The molecule has 1 aromatic carbocycles. The summed E-state index contributed by atoms with van der Waals surface area (Å²) in [7, 11) is 0. The van der Waals surface area contributed by atoms with E-state index in [2.05, 4.69) is 39.2 Å². The number of ether oxygens (including phenoxy) is 1. The quantitative estimate of drug-likeness (QED) is 0.712. The molecule has 0 atom stereocenters. The third-order valence-electron chi connectivity index (χ3n) is 3.29. The maximum atomic E-state index is 11.9. The number of rotatable bonds is 7. The fraction of sp³-hybridized carbons (Fsp3) is 0.471. The van der Waals surface area contributed by atoms with E-state index in [-0.39, 0.29) is 5.97 Å². The molecule has 110 valence electrons. The summed E-state index contributed by atoms with van der Waals surface area (Å²) < 4.78 is 5.33. The van der Waals surface area contributed by atoms with Crippen molar-refractivity contribution in [2.45, 2.75) is 39.8 Å². The van der Waals surface area contributed by atoms with Gasteiger partial charge in [0.1, 0.15) is 6.61 Å². The van der Waals surface area contributed by atoms with Crippen LogP contribution in [0.15, 0.2) is 30.8 Å². The lowest BCUT2D eigenvalue weighted by Crippen LogP contribution is -2.39. The lowest BCUT2D eigenvalue weighted by atomic mass is 10.1. The lowest BCUT2D eigenvalue weighted by molar-refractivity contribution is 0.0417. The first kappa shape index (κ1) is 16.4. The molecule has 0 heterocycles. The molecule has 0 aromatic heterocycles. The molecule has 0 bridgehead atoms. The van der Waals surface area contributed by atoms with E-state index >= 15 is 0 Å². The average molecular weight is 275 g/mol. The van der Waals surface area contributed by atoms with Gasteiger partial charge in [-0.2, -0.15) is 0 Å². The Labute approximate surface area is 122 Å². The van der Waals surface area contributed by atoms with E-state index in [4.69, 9.17) is 4.74 Å². The Kier molecular flexibility index (Phi) is 6.46. The molecule has 0 saturated carbocycles. The summed E-state index contributed by atoms with van der Waals surface area (Å²) in [5.41, 5.74) is 1.57. The van der Waals surface area contributed by atoms with E-state index in [9.17, 15) is 4.79 Å². The Hall–Kier alpha value is -1.61. The van der Waals surface area contributed by atoms with Gasteiger partial charge in [0.25, 0.3) is 0 Å². The summed E-state index contributed by atoms with van der Waals surface area (Å²) >= 11 is 0. The van der Waals surface area contributed by atoms with Crippen LogP contribution in [0.3, 0.4) is 0 Å². The zero-order valence-electron chi connectivity index (χ0n) is 12.9. The van der Waals surface area contributed by atoms with Crippen molar-refractivity contribution in [1.29, 1.82) is 0 Å². The maximum Gasteiger partial charge on any atom is 0.338 e. The van der Waals surface area contributed by atoms with E-state index in [1.54, 1.807) is 18.2 Å². The number of carbonyl (C=O) groups excluding carboxylic acids is 1. The highest BCUT2D eigenvalue weighted by Crippen LogP contribution is 2.08. The van der Waals surface area contributed by atoms with Gasteiger partial charge in [0, 0.05) is 18.6 Å². The summed E-state index contributed by atoms with van der Waals surface area (Å²) in [6.45, 7) is 13.5. The highest BCUT2D eigenvalue weighted by atomic mass is 16.5. The molecule has 0 aliphatic heterocycles. The average Bonchev–Trinajstić information content (AvgIpc) is 2.42. The van der Waals surface area contributed by atoms with E-state index in [0.717, 1.165) is 12.1 Å². The van der Waals surface area contributed by atoms with Crippen LogP contribution in [0.2, 0.25) is 0 Å². The molecule has 20 heavy (non-hydrogen) atoms. The third-order valence-corrected chi connectivity index (χ3v) is 3.29. The minimum Gasteiger partial charge on any atom is -0.461 e. The van der Waals surface area contributed by atoms with Crippen LogP contribution in [-0.4, -0.2) is 36.1 Å². The molecule has 3 nitrogen and oxygen atoms in total. The first-order valence-electron chi connectivity index (χ1n) is 7.11. The van der Waals surface area contributed by atoms with Crippen LogP contribution < -0.4 is 0 Å². The zero-order valence-corrected chi connectivity index (χ0v) is 12.9. The SMILES string of the molecule is C=Cc1ccc(C(=O)OCCN(C(C)C)C(C)C)cc1. The molecular formula is C17H25NO2. The highest BCUT2D eigenvalue weighted by molar-refractivity contribution is 5.89. The number of benzene rings is 1. The Balaban J connectivity index is 2.48. The van der Waals surface area contributed by atoms with Gasteiger partial charge in [-0.25, -0.2) is 4.79 Å². The molecule has 3 heteroatoms. The van der Waals surface area contributed by atoms with Gasteiger partial charge >= 0.3 is 5.97 Å². The minimum absolute atomic E-state index is 0.270. The summed E-state index contributed by atoms with van der Waals surface area (Å²) in [4.78, 5) is 14.2. The predicted octanol–water partition coefficient (Wildman–Crippen LogP) is 3.61. The topological polar surface area (TPSA) is 29.5 Å². The van der Waals surface area contributed by atoms with Crippen LogP contribution in [0, 0.1) is 0 Å². The molecule has 0 N–H and O–H groups in total. The van der Waals surface area contributed by atoms with Crippen LogP contribution in [0.4, 0.5) is 0 Å². The van der Waals surface area contributed by atoms with Crippen molar-refractivity contribution >= 4 is 12.0 Å². The third kappa shape index (κ3) is 4.82. The van der Waals surface area contributed by atoms with Crippen LogP contribution in [0.1, 0.15) is 43.6 Å². The standard InChI is InChI=1S/C17H25NO2/c1-6-15-7-9-16(10-8-15)17(19)20-12-11-18(13(2)3)14(4)5/h6-10,13-14H,1,11-12H2,2-5H3. The Morgan fingerprint density at radius 3 is 2.20 bits per heavy atom. The minimum atomic E-state index is -0.270. The van der Waals surface area contributed by atoms with Crippen LogP contribution >= 0.6 is 0 Å². The first-order chi connectivity index (χ1) is 9.45. The molecule has 0 amide bonds. The molecule has 0 aliphatic rings. The second-order valence-electron chi connectivity index (χ2n) is 5.39. The molecule has 0 spiro atoms. The molecular weight excluding hydrogens is 250 g/mol. The second kappa shape index (κ2) is 7.85. The highest BCUT2D eigenvalue weighted by Gasteiger charge is 2.14. The van der Waals surface area contributed by atoms with Crippen molar-refractivity contribution in [2.75, 3.05) is 13.2 Å². The van der Waals surface area contributed by atoms with Gasteiger partial charge in [-0.15, -0.1) is 0 Å². The van der Waals surface area contributed by atoms with Crippen LogP contribution in [-0.2, 0) is 4.74 Å². The van der Waals surface area contributed by atoms with Crippen molar-refractivity contribution in [3.8, 4) is 0 Å². The Morgan fingerprint density at radius 1 is 1.20 bits per heavy atom. The van der Waals surface area contributed by atoms with E-state index in [1.165, 1.54) is 0 Å².